The standard InChI is InChI=1S/C21H15ClF3NO3/c1-26(21-15(22)6-8-18(20(21)25)29-11-19(27)28)17-10-13(5-7-16(17)24)12-3-2-4-14(23)9-12/h2-10H,11H2,1H3,(H,27,28). The third kappa shape index (κ3) is 4.46. The molecular formula is C21H15ClF3NO3. The molecule has 0 bridgehead atoms. The number of hydrogen-bond acceptors (Lipinski definition) is 3. The van der Waals surface area contributed by atoms with Crippen LogP contribution in [0.2, 0.25) is 5.02 Å². The Morgan fingerprint density at radius 3 is 2.48 bits per heavy atom. The summed E-state index contributed by atoms with van der Waals surface area (Å²) < 4.78 is 47.9. The SMILES string of the molecule is CN(c1cc(-c2cccc(F)c2)ccc1F)c1c(Cl)ccc(OCC(=O)O)c1F. The number of aliphatic carboxylic acids is 1. The molecule has 8 heteroatoms. The van der Waals surface area contributed by atoms with Crippen molar-refractivity contribution in [3.63, 3.8) is 0 Å². The summed E-state index contributed by atoms with van der Waals surface area (Å²) in [5.41, 5.74) is 0.833. The van der Waals surface area contributed by atoms with E-state index in [-0.39, 0.29) is 22.1 Å². The van der Waals surface area contributed by atoms with E-state index in [9.17, 15) is 18.0 Å². The van der Waals surface area contributed by atoms with Gasteiger partial charge >= 0.3 is 5.97 Å². The van der Waals surface area contributed by atoms with E-state index >= 15 is 0 Å². The van der Waals surface area contributed by atoms with Crippen LogP contribution in [0.15, 0.2) is 54.6 Å². The van der Waals surface area contributed by atoms with Gasteiger partial charge in [-0.2, -0.15) is 0 Å². The Balaban J connectivity index is 2.04. The molecule has 0 saturated carbocycles. The van der Waals surface area contributed by atoms with Crippen LogP contribution in [0.3, 0.4) is 0 Å². The monoisotopic (exact) mass is 421 g/mol. The van der Waals surface area contributed by atoms with Gasteiger partial charge in [-0.1, -0.05) is 29.8 Å². The molecule has 0 heterocycles. The fraction of sp³-hybridized carbons (Fsp3) is 0.0952. The molecule has 150 valence electrons. The Morgan fingerprint density at radius 1 is 1.07 bits per heavy atom. The van der Waals surface area contributed by atoms with Crippen molar-refractivity contribution < 1.29 is 27.8 Å². The van der Waals surface area contributed by atoms with Gasteiger partial charge in [-0.15, -0.1) is 0 Å². The lowest BCUT2D eigenvalue weighted by atomic mass is 10.0. The molecule has 0 amide bonds. The number of benzene rings is 3. The van der Waals surface area contributed by atoms with Gasteiger partial charge in [-0.05, 0) is 47.5 Å². The van der Waals surface area contributed by atoms with Gasteiger partial charge in [0.25, 0.3) is 0 Å². The summed E-state index contributed by atoms with van der Waals surface area (Å²) >= 11 is 6.11. The van der Waals surface area contributed by atoms with E-state index in [1.807, 2.05) is 0 Å². The van der Waals surface area contributed by atoms with Gasteiger partial charge in [0.05, 0.1) is 16.4 Å². The minimum Gasteiger partial charge on any atom is -0.479 e. The maximum atomic E-state index is 14.9. The van der Waals surface area contributed by atoms with Gasteiger partial charge in [0.15, 0.2) is 18.2 Å². The Hall–Kier alpha value is -3.19. The maximum Gasteiger partial charge on any atom is 0.341 e. The van der Waals surface area contributed by atoms with Gasteiger partial charge in [-0.25, -0.2) is 18.0 Å². The number of rotatable bonds is 6. The van der Waals surface area contributed by atoms with Gasteiger partial charge < -0.3 is 14.7 Å². The van der Waals surface area contributed by atoms with Crippen LogP contribution in [0.25, 0.3) is 11.1 Å². The molecule has 0 fully saturated rings. The molecule has 3 rings (SSSR count). The third-order valence-electron chi connectivity index (χ3n) is 4.18. The Morgan fingerprint density at radius 2 is 1.79 bits per heavy atom. The highest BCUT2D eigenvalue weighted by Crippen LogP contribution is 2.39. The molecule has 0 aliphatic carbocycles. The van der Waals surface area contributed by atoms with Gasteiger partial charge in [0.1, 0.15) is 11.6 Å². The normalized spacial score (nSPS) is 10.7. The quantitative estimate of drug-likeness (QED) is 0.558. The van der Waals surface area contributed by atoms with E-state index in [2.05, 4.69) is 0 Å². The number of carboxylic acid groups (broad SMARTS) is 1. The van der Waals surface area contributed by atoms with Crippen molar-refractivity contribution >= 4 is 28.9 Å². The highest BCUT2D eigenvalue weighted by Gasteiger charge is 2.21. The summed E-state index contributed by atoms with van der Waals surface area (Å²) in [6, 6.07) is 12.4. The lowest BCUT2D eigenvalue weighted by Gasteiger charge is -2.23. The largest absolute Gasteiger partial charge is 0.479 e. The lowest BCUT2D eigenvalue weighted by molar-refractivity contribution is -0.139. The second kappa shape index (κ2) is 8.45. The number of ether oxygens (including phenoxy) is 1. The number of anilines is 2. The first-order valence-electron chi connectivity index (χ1n) is 8.39. The zero-order valence-electron chi connectivity index (χ0n) is 15.1. The summed E-state index contributed by atoms with van der Waals surface area (Å²) in [4.78, 5) is 11.9. The first-order chi connectivity index (χ1) is 13.8. The van der Waals surface area contributed by atoms with Crippen molar-refractivity contribution in [1.82, 2.24) is 0 Å². The predicted octanol–water partition coefficient (Wildman–Crippen LogP) is 5.66. The summed E-state index contributed by atoms with van der Waals surface area (Å²) in [5, 5.41) is 8.69. The minimum absolute atomic E-state index is 0.0112. The second-order valence-corrected chi connectivity index (χ2v) is 6.53. The third-order valence-corrected chi connectivity index (χ3v) is 4.49. The van der Waals surface area contributed by atoms with E-state index < -0.39 is 30.0 Å². The smallest absolute Gasteiger partial charge is 0.341 e. The highest BCUT2D eigenvalue weighted by molar-refractivity contribution is 6.33. The first kappa shape index (κ1) is 20.5. The lowest BCUT2D eigenvalue weighted by Crippen LogP contribution is -2.15. The molecule has 3 aromatic rings. The predicted molar refractivity (Wildman–Crippen MR) is 104 cm³/mol. The summed E-state index contributed by atoms with van der Waals surface area (Å²) in [7, 11) is 1.40. The minimum atomic E-state index is -1.27. The van der Waals surface area contributed by atoms with E-state index in [1.54, 1.807) is 6.07 Å². The molecule has 29 heavy (non-hydrogen) atoms. The number of carbonyl (C=O) groups is 1. The number of halogens is 4. The fourth-order valence-corrected chi connectivity index (χ4v) is 3.09. The molecule has 3 aromatic carbocycles. The van der Waals surface area contributed by atoms with E-state index in [1.165, 1.54) is 60.5 Å². The maximum absolute atomic E-state index is 14.9. The highest BCUT2D eigenvalue weighted by atomic mass is 35.5. The van der Waals surface area contributed by atoms with E-state index in [4.69, 9.17) is 21.4 Å². The Kier molecular flexibility index (Phi) is 5.98. The average Bonchev–Trinajstić information content (AvgIpc) is 2.67. The number of carboxylic acids is 1. The molecule has 0 spiro atoms. The fourth-order valence-electron chi connectivity index (χ4n) is 2.82. The van der Waals surface area contributed by atoms with Crippen molar-refractivity contribution in [2.24, 2.45) is 0 Å². The van der Waals surface area contributed by atoms with Crippen molar-refractivity contribution in [2.45, 2.75) is 0 Å². The summed E-state index contributed by atoms with van der Waals surface area (Å²) in [6.45, 7) is -0.745. The molecule has 0 aromatic heterocycles. The summed E-state index contributed by atoms with van der Waals surface area (Å²) in [5.74, 6) is -3.64. The zero-order chi connectivity index (χ0) is 21.1. The van der Waals surface area contributed by atoms with Crippen LogP contribution in [0.5, 0.6) is 5.75 Å². The molecule has 0 radical (unpaired) electrons. The molecule has 0 atom stereocenters. The van der Waals surface area contributed by atoms with Crippen molar-refractivity contribution in [3.8, 4) is 16.9 Å². The Bertz CT molecular complexity index is 1080. The van der Waals surface area contributed by atoms with Crippen LogP contribution >= 0.6 is 11.6 Å². The molecule has 1 N–H and O–H groups in total. The van der Waals surface area contributed by atoms with E-state index in [0.717, 1.165) is 0 Å². The molecule has 4 nitrogen and oxygen atoms in total. The first-order valence-corrected chi connectivity index (χ1v) is 8.77. The van der Waals surface area contributed by atoms with Gasteiger partial charge in [0.2, 0.25) is 0 Å². The van der Waals surface area contributed by atoms with Crippen LogP contribution in [0.1, 0.15) is 0 Å². The molecule has 0 aliphatic heterocycles. The number of hydrogen-bond donors (Lipinski definition) is 1. The van der Waals surface area contributed by atoms with Crippen molar-refractivity contribution in [1.29, 1.82) is 0 Å². The number of nitrogens with zero attached hydrogens (tertiary/aromatic N) is 1. The van der Waals surface area contributed by atoms with Crippen molar-refractivity contribution in [2.75, 3.05) is 18.6 Å². The molecular weight excluding hydrogens is 407 g/mol. The van der Waals surface area contributed by atoms with Crippen LogP contribution in [-0.2, 0) is 4.79 Å². The summed E-state index contributed by atoms with van der Waals surface area (Å²) in [6.07, 6.45) is 0. The van der Waals surface area contributed by atoms with Crippen LogP contribution in [-0.4, -0.2) is 24.7 Å². The topological polar surface area (TPSA) is 49.8 Å². The van der Waals surface area contributed by atoms with E-state index in [0.29, 0.717) is 11.1 Å². The Labute approximate surface area is 169 Å². The average molecular weight is 422 g/mol. The van der Waals surface area contributed by atoms with Crippen LogP contribution in [0.4, 0.5) is 24.5 Å². The molecule has 0 unspecified atom stereocenters. The van der Waals surface area contributed by atoms with Crippen molar-refractivity contribution in [3.05, 3.63) is 77.1 Å². The zero-order valence-corrected chi connectivity index (χ0v) is 15.9. The van der Waals surface area contributed by atoms with Crippen LogP contribution in [0, 0.1) is 17.5 Å². The molecule has 0 aliphatic rings. The van der Waals surface area contributed by atoms with Gasteiger partial charge in [0, 0.05) is 7.05 Å². The van der Waals surface area contributed by atoms with Gasteiger partial charge in [-0.3, -0.25) is 0 Å². The molecule has 0 saturated heterocycles. The van der Waals surface area contributed by atoms with Crippen LogP contribution < -0.4 is 9.64 Å². The second-order valence-electron chi connectivity index (χ2n) is 6.13.